The van der Waals surface area contributed by atoms with Gasteiger partial charge in [-0.3, -0.25) is 9.79 Å². The van der Waals surface area contributed by atoms with Crippen LogP contribution in [0.2, 0.25) is 0 Å². The molecule has 1 spiro atoms. The van der Waals surface area contributed by atoms with Gasteiger partial charge in [-0.2, -0.15) is 0 Å². The molecule has 1 aromatic carbocycles. The van der Waals surface area contributed by atoms with Crippen molar-refractivity contribution in [2.24, 2.45) is 10.4 Å². The number of nitrogens with zero attached hydrogens (tertiary/aromatic N) is 2. The zero-order chi connectivity index (χ0) is 18.4. The van der Waals surface area contributed by atoms with Gasteiger partial charge in [0.15, 0.2) is 5.96 Å². The van der Waals surface area contributed by atoms with Crippen LogP contribution in [0.5, 0.6) is 5.75 Å². The molecular weight excluding hydrogens is 332 g/mol. The van der Waals surface area contributed by atoms with Gasteiger partial charge < -0.3 is 25.0 Å². The van der Waals surface area contributed by atoms with Gasteiger partial charge in [0.05, 0.1) is 20.3 Å². The van der Waals surface area contributed by atoms with Crippen LogP contribution in [-0.4, -0.2) is 63.8 Å². The number of ether oxygens (including phenoxy) is 2. The molecule has 0 saturated carbocycles. The standard InChI is InChI=1S/C19H28N4O3/c1-20-18(23-9-7-19(13-23)8-10-26-14-19)22-12-17(24)21-11-15-3-5-16(25-2)6-4-15/h3-6H,7-14H2,1-2H3,(H,20,22)(H,21,24). The Morgan fingerprint density at radius 3 is 2.77 bits per heavy atom. The maximum atomic E-state index is 12.1. The van der Waals surface area contributed by atoms with E-state index in [-0.39, 0.29) is 17.9 Å². The molecular formula is C19H28N4O3. The fourth-order valence-corrected chi connectivity index (χ4v) is 3.59. The normalized spacial score (nSPS) is 22.7. The second-order valence-corrected chi connectivity index (χ2v) is 7.00. The van der Waals surface area contributed by atoms with Crippen LogP contribution >= 0.6 is 0 Å². The van der Waals surface area contributed by atoms with Crippen LogP contribution in [0.1, 0.15) is 18.4 Å². The first-order chi connectivity index (χ1) is 12.6. The number of guanidine groups is 1. The predicted molar refractivity (Wildman–Crippen MR) is 100 cm³/mol. The molecule has 0 aliphatic carbocycles. The summed E-state index contributed by atoms with van der Waals surface area (Å²) in [6, 6.07) is 7.66. The Balaban J connectivity index is 1.42. The smallest absolute Gasteiger partial charge is 0.239 e. The lowest BCUT2D eigenvalue weighted by atomic mass is 9.87. The minimum Gasteiger partial charge on any atom is -0.497 e. The van der Waals surface area contributed by atoms with Gasteiger partial charge in [-0.05, 0) is 30.5 Å². The number of hydrogen-bond donors (Lipinski definition) is 2. The second kappa shape index (κ2) is 8.40. The lowest BCUT2D eigenvalue weighted by Crippen LogP contribution is -2.45. The largest absolute Gasteiger partial charge is 0.497 e. The summed E-state index contributed by atoms with van der Waals surface area (Å²) in [6.45, 7) is 4.29. The third kappa shape index (κ3) is 4.46. The first kappa shape index (κ1) is 18.5. The summed E-state index contributed by atoms with van der Waals surface area (Å²) in [5.74, 6) is 1.54. The SMILES string of the molecule is CN=C(NCC(=O)NCc1ccc(OC)cc1)N1CCC2(CCOC2)C1. The number of amides is 1. The van der Waals surface area contributed by atoms with Crippen molar-refractivity contribution in [1.29, 1.82) is 0 Å². The minimum atomic E-state index is -0.0555. The Labute approximate surface area is 154 Å². The maximum absolute atomic E-state index is 12.1. The molecule has 26 heavy (non-hydrogen) atoms. The molecule has 2 aliphatic heterocycles. The number of hydrogen-bond acceptors (Lipinski definition) is 4. The van der Waals surface area contributed by atoms with Crippen LogP contribution in [0.4, 0.5) is 0 Å². The second-order valence-electron chi connectivity index (χ2n) is 7.00. The molecule has 1 unspecified atom stereocenters. The summed E-state index contributed by atoms with van der Waals surface area (Å²) in [5.41, 5.74) is 1.31. The molecule has 7 heteroatoms. The van der Waals surface area contributed by atoms with Crippen molar-refractivity contribution in [3.05, 3.63) is 29.8 Å². The molecule has 0 aromatic heterocycles. The van der Waals surface area contributed by atoms with Crippen molar-refractivity contribution in [2.45, 2.75) is 19.4 Å². The minimum absolute atomic E-state index is 0.0555. The average Bonchev–Trinajstić information content (AvgIpc) is 3.31. The van der Waals surface area contributed by atoms with Gasteiger partial charge in [-0.15, -0.1) is 0 Å². The summed E-state index contributed by atoms with van der Waals surface area (Å²) < 4.78 is 10.7. The molecule has 2 aliphatic rings. The van der Waals surface area contributed by atoms with Gasteiger partial charge in [-0.1, -0.05) is 12.1 Å². The van der Waals surface area contributed by atoms with Gasteiger partial charge in [0.1, 0.15) is 5.75 Å². The number of methoxy groups -OCH3 is 1. The van der Waals surface area contributed by atoms with Gasteiger partial charge in [0.2, 0.25) is 5.91 Å². The highest BCUT2D eigenvalue weighted by molar-refractivity contribution is 5.86. The van der Waals surface area contributed by atoms with Crippen molar-refractivity contribution in [3.63, 3.8) is 0 Å². The van der Waals surface area contributed by atoms with Crippen molar-refractivity contribution in [1.82, 2.24) is 15.5 Å². The van der Waals surface area contributed by atoms with Crippen molar-refractivity contribution in [2.75, 3.05) is 47.0 Å². The van der Waals surface area contributed by atoms with Gasteiger partial charge >= 0.3 is 0 Å². The fourth-order valence-electron chi connectivity index (χ4n) is 3.59. The number of benzene rings is 1. The van der Waals surface area contributed by atoms with E-state index in [1.54, 1.807) is 14.2 Å². The van der Waals surface area contributed by atoms with E-state index in [0.29, 0.717) is 6.54 Å². The maximum Gasteiger partial charge on any atom is 0.239 e. The Kier molecular flexibility index (Phi) is 5.98. The Morgan fingerprint density at radius 2 is 2.12 bits per heavy atom. The first-order valence-electron chi connectivity index (χ1n) is 9.07. The molecule has 7 nitrogen and oxygen atoms in total. The summed E-state index contributed by atoms with van der Waals surface area (Å²) >= 11 is 0. The zero-order valence-electron chi connectivity index (χ0n) is 15.6. The third-order valence-corrected chi connectivity index (χ3v) is 5.19. The third-order valence-electron chi connectivity index (χ3n) is 5.19. The van der Waals surface area contributed by atoms with E-state index in [4.69, 9.17) is 9.47 Å². The van der Waals surface area contributed by atoms with E-state index in [0.717, 1.165) is 56.4 Å². The number of carbonyl (C=O) groups is 1. The molecule has 2 fully saturated rings. The van der Waals surface area contributed by atoms with E-state index in [1.807, 2.05) is 24.3 Å². The molecule has 0 radical (unpaired) electrons. The Bertz CT molecular complexity index is 639. The van der Waals surface area contributed by atoms with Gasteiger partial charge in [0.25, 0.3) is 0 Å². The van der Waals surface area contributed by atoms with E-state index in [1.165, 1.54) is 0 Å². The Hall–Kier alpha value is -2.28. The molecule has 2 heterocycles. The molecule has 1 amide bonds. The monoisotopic (exact) mass is 360 g/mol. The fraction of sp³-hybridized carbons (Fsp3) is 0.579. The molecule has 1 atom stereocenters. The summed E-state index contributed by atoms with van der Waals surface area (Å²) in [6.07, 6.45) is 2.24. The highest BCUT2D eigenvalue weighted by atomic mass is 16.5. The quantitative estimate of drug-likeness (QED) is 0.605. The van der Waals surface area contributed by atoms with Crippen LogP contribution in [0.3, 0.4) is 0 Å². The number of rotatable bonds is 5. The number of likely N-dealkylation sites (tertiary alicyclic amines) is 1. The molecule has 0 bridgehead atoms. The number of carbonyl (C=O) groups excluding carboxylic acids is 1. The van der Waals surface area contributed by atoms with E-state index in [2.05, 4.69) is 20.5 Å². The summed E-state index contributed by atoms with van der Waals surface area (Å²) in [4.78, 5) is 18.7. The van der Waals surface area contributed by atoms with Crippen molar-refractivity contribution in [3.8, 4) is 5.75 Å². The van der Waals surface area contributed by atoms with E-state index < -0.39 is 0 Å². The highest BCUT2D eigenvalue weighted by Crippen LogP contribution is 2.38. The molecule has 3 rings (SSSR count). The van der Waals surface area contributed by atoms with Crippen molar-refractivity contribution >= 4 is 11.9 Å². The first-order valence-corrected chi connectivity index (χ1v) is 9.07. The number of aliphatic imine (C=N–C) groups is 1. The highest BCUT2D eigenvalue weighted by Gasteiger charge is 2.42. The van der Waals surface area contributed by atoms with Crippen LogP contribution in [0.15, 0.2) is 29.3 Å². The van der Waals surface area contributed by atoms with Crippen LogP contribution in [0, 0.1) is 5.41 Å². The predicted octanol–water partition coefficient (Wildman–Crippen LogP) is 0.999. The lowest BCUT2D eigenvalue weighted by Gasteiger charge is -2.24. The zero-order valence-corrected chi connectivity index (χ0v) is 15.6. The lowest BCUT2D eigenvalue weighted by molar-refractivity contribution is -0.120. The summed E-state index contributed by atoms with van der Waals surface area (Å²) in [5, 5.41) is 6.09. The van der Waals surface area contributed by atoms with E-state index >= 15 is 0 Å². The molecule has 2 N–H and O–H groups in total. The van der Waals surface area contributed by atoms with Crippen LogP contribution < -0.4 is 15.4 Å². The summed E-state index contributed by atoms with van der Waals surface area (Å²) in [7, 11) is 3.39. The van der Waals surface area contributed by atoms with Crippen LogP contribution in [-0.2, 0) is 16.1 Å². The van der Waals surface area contributed by atoms with E-state index in [9.17, 15) is 4.79 Å². The molecule has 2 saturated heterocycles. The van der Waals surface area contributed by atoms with Crippen LogP contribution in [0.25, 0.3) is 0 Å². The average molecular weight is 360 g/mol. The molecule has 1 aromatic rings. The molecule has 142 valence electrons. The van der Waals surface area contributed by atoms with Crippen molar-refractivity contribution < 1.29 is 14.3 Å². The van der Waals surface area contributed by atoms with Gasteiger partial charge in [0, 0.05) is 38.7 Å². The number of nitrogens with one attached hydrogen (secondary N) is 2. The van der Waals surface area contributed by atoms with Gasteiger partial charge in [-0.25, -0.2) is 0 Å². The Morgan fingerprint density at radius 1 is 1.31 bits per heavy atom. The topological polar surface area (TPSA) is 75.2 Å².